The van der Waals surface area contributed by atoms with Crippen LogP contribution in [0.2, 0.25) is 0 Å². The number of benzene rings is 1. The molecule has 1 amide bonds. The van der Waals surface area contributed by atoms with Crippen LogP contribution in [0.4, 0.5) is 0 Å². The second-order valence-corrected chi connectivity index (χ2v) is 4.61. The summed E-state index contributed by atoms with van der Waals surface area (Å²) in [5, 5.41) is 11.6. The zero-order chi connectivity index (χ0) is 14.3. The summed E-state index contributed by atoms with van der Waals surface area (Å²) in [5.41, 5.74) is -0.262. The van der Waals surface area contributed by atoms with Gasteiger partial charge in [0.2, 0.25) is 5.91 Å². The van der Waals surface area contributed by atoms with Crippen LogP contribution >= 0.6 is 0 Å². The third-order valence-electron chi connectivity index (χ3n) is 2.78. The van der Waals surface area contributed by atoms with Crippen molar-refractivity contribution in [2.75, 3.05) is 6.61 Å². The highest BCUT2D eigenvalue weighted by atomic mass is 16.5. The van der Waals surface area contributed by atoms with Crippen molar-refractivity contribution in [3.63, 3.8) is 0 Å². The number of rotatable bonds is 7. The zero-order valence-corrected chi connectivity index (χ0v) is 11.2. The summed E-state index contributed by atoms with van der Waals surface area (Å²) in [4.78, 5) is 22.2. The normalized spacial score (nSPS) is 13.6. The van der Waals surface area contributed by atoms with Crippen LogP contribution in [0.15, 0.2) is 30.3 Å². The molecule has 0 fully saturated rings. The van der Waals surface area contributed by atoms with E-state index in [1.807, 2.05) is 30.3 Å². The molecule has 104 valence electrons. The van der Waals surface area contributed by atoms with Crippen molar-refractivity contribution in [1.82, 2.24) is 5.32 Å². The van der Waals surface area contributed by atoms with Crippen LogP contribution in [0.3, 0.4) is 0 Å². The van der Waals surface area contributed by atoms with E-state index in [-0.39, 0.29) is 18.9 Å². The third-order valence-corrected chi connectivity index (χ3v) is 2.78. The van der Waals surface area contributed by atoms with Gasteiger partial charge in [-0.15, -0.1) is 0 Å². The second kappa shape index (κ2) is 6.89. The van der Waals surface area contributed by atoms with Crippen LogP contribution in [0.25, 0.3) is 0 Å². The number of aliphatic carboxylic acids is 1. The summed E-state index contributed by atoms with van der Waals surface area (Å²) in [6, 6.07) is 9.62. The largest absolute Gasteiger partial charge is 0.480 e. The fraction of sp³-hybridized carbons (Fsp3) is 0.429. The summed E-state index contributed by atoms with van der Waals surface area (Å²) in [6.07, 6.45) is 0.217. The Bertz CT molecular complexity index is 432. The van der Waals surface area contributed by atoms with E-state index in [2.05, 4.69) is 5.32 Å². The summed E-state index contributed by atoms with van der Waals surface area (Å²) in [7, 11) is 0. The van der Waals surface area contributed by atoms with Crippen LogP contribution in [0, 0.1) is 0 Å². The quantitative estimate of drug-likeness (QED) is 0.734. The molecule has 5 heteroatoms. The molecule has 1 rings (SSSR count). The average molecular weight is 265 g/mol. The maximum absolute atomic E-state index is 11.2. The van der Waals surface area contributed by atoms with Crippen molar-refractivity contribution in [3.8, 4) is 0 Å². The van der Waals surface area contributed by atoms with Gasteiger partial charge in [0.25, 0.3) is 0 Å². The molecule has 2 N–H and O–H groups in total. The molecule has 0 heterocycles. The zero-order valence-electron chi connectivity index (χ0n) is 11.2. The van der Waals surface area contributed by atoms with E-state index in [0.717, 1.165) is 5.56 Å². The minimum atomic E-state index is -1.29. The third kappa shape index (κ3) is 5.09. The van der Waals surface area contributed by atoms with E-state index < -0.39 is 11.5 Å². The highest BCUT2D eigenvalue weighted by Gasteiger charge is 2.33. The lowest BCUT2D eigenvalue weighted by Crippen LogP contribution is -2.52. The van der Waals surface area contributed by atoms with E-state index in [1.165, 1.54) is 13.8 Å². The van der Waals surface area contributed by atoms with Gasteiger partial charge in [-0.05, 0) is 12.5 Å². The molecule has 0 aliphatic heterocycles. The van der Waals surface area contributed by atoms with Gasteiger partial charge in [-0.1, -0.05) is 30.3 Å². The summed E-state index contributed by atoms with van der Waals surface area (Å²) in [6.45, 7) is 3.46. The molecule has 0 unspecified atom stereocenters. The molecule has 0 saturated carbocycles. The van der Waals surface area contributed by atoms with Crippen LogP contribution in [-0.4, -0.2) is 29.1 Å². The molecule has 0 radical (unpaired) electrons. The number of hydrogen-bond donors (Lipinski definition) is 2. The molecule has 1 aromatic carbocycles. The van der Waals surface area contributed by atoms with Gasteiger partial charge in [-0.25, -0.2) is 4.79 Å². The van der Waals surface area contributed by atoms with Crippen molar-refractivity contribution in [2.24, 2.45) is 0 Å². The Balaban J connectivity index is 2.41. The minimum absolute atomic E-state index is 0.217. The molecule has 1 atom stereocenters. The lowest BCUT2D eigenvalue weighted by atomic mass is 9.98. The topological polar surface area (TPSA) is 75.6 Å². The molecule has 0 aliphatic rings. The van der Waals surface area contributed by atoms with Gasteiger partial charge in [0, 0.05) is 20.0 Å². The average Bonchev–Trinajstić information content (AvgIpc) is 2.35. The lowest BCUT2D eigenvalue weighted by molar-refractivity contribution is -0.147. The lowest BCUT2D eigenvalue weighted by Gasteiger charge is -2.25. The molecule has 0 bridgehead atoms. The number of carbonyl (C=O) groups excluding carboxylic acids is 1. The van der Waals surface area contributed by atoms with Crippen LogP contribution in [0.5, 0.6) is 0 Å². The van der Waals surface area contributed by atoms with Crippen LogP contribution in [-0.2, 0) is 20.9 Å². The highest BCUT2D eigenvalue weighted by molar-refractivity contribution is 5.85. The number of amides is 1. The van der Waals surface area contributed by atoms with E-state index in [1.54, 1.807) is 0 Å². The minimum Gasteiger partial charge on any atom is -0.480 e. The molecule has 5 nitrogen and oxygen atoms in total. The molecule has 0 aliphatic carbocycles. The van der Waals surface area contributed by atoms with Crippen LogP contribution < -0.4 is 5.32 Å². The predicted octanol–water partition coefficient (Wildman–Crippen LogP) is 1.57. The van der Waals surface area contributed by atoms with E-state index in [0.29, 0.717) is 6.61 Å². The van der Waals surface area contributed by atoms with Gasteiger partial charge in [0.05, 0.1) is 6.61 Å². The van der Waals surface area contributed by atoms with E-state index >= 15 is 0 Å². The first-order valence-electron chi connectivity index (χ1n) is 6.08. The first-order valence-corrected chi connectivity index (χ1v) is 6.08. The molecule has 0 aromatic heterocycles. The Hall–Kier alpha value is -1.88. The smallest absolute Gasteiger partial charge is 0.329 e. The maximum Gasteiger partial charge on any atom is 0.329 e. The molecule has 1 aromatic rings. The Morgan fingerprint density at radius 3 is 2.47 bits per heavy atom. The Labute approximate surface area is 112 Å². The number of carbonyl (C=O) groups is 2. The summed E-state index contributed by atoms with van der Waals surface area (Å²) in [5.74, 6) is -1.43. The van der Waals surface area contributed by atoms with E-state index in [9.17, 15) is 9.59 Å². The van der Waals surface area contributed by atoms with Gasteiger partial charge in [-0.2, -0.15) is 0 Å². The van der Waals surface area contributed by atoms with E-state index in [4.69, 9.17) is 9.84 Å². The first-order chi connectivity index (χ1) is 8.94. The second-order valence-electron chi connectivity index (χ2n) is 4.61. The maximum atomic E-state index is 11.2. The molecule has 0 spiro atoms. The Morgan fingerprint density at radius 2 is 1.95 bits per heavy atom. The fourth-order valence-corrected chi connectivity index (χ4v) is 1.65. The van der Waals surface area contributed by atoms with Crippen molar-refractivity contribution in [1.29, 1.82) is 0 Å². The number of ether oxygens (including phenoxy) is 1. The van der Waals surface area contributed by atoms with Gasteiger partial charge < -0.3 is 15.2 Å². The SMILES string of the molecule is CC(=O)N[C@@](C)(CCOCc1ccccc1)C(=O)O. The van der Waals surface area contributed by atoms with Gasteiger partial charge in [0.15, 0.2) is 0 Å². The Morgan fingerprint density at radius 1 is 1.32 bits per heavy atom. The van der Waals surface area contributed by atoms with Gasteiger partial charge in [-0.3, -0.25) is 4.79 Å². The molecular formula is C14H19NO4. The molecule has 19 heavy (non-hydrogen) atoms. The summed E-state index contributed by atoms with van der Waals surface area (Å²) < 4.78 is 5.43. The number of hydrogen-bond acceptors (Lipinski definition) is 3. The van der Waals surface area contributed by atoms with Crippen LogP contribution in [0.1, 0.15) is 25.8 Å². The first kappa shape index (κ1) is 15.2. The molecule has 0 saturated heterocycles. The number of nitrogens with one attached hydrogen (secondary N) is 1. The predicted molar refractivity (Wildman–Crippen MR) is 70.6 cm³/mol. The number of carboxylic acids is 1. The van der Waals surface area contributed by atoms with Gasteiger partial charge in [0.1, 0.15) is 5.54 Å². The van der Waals surface area contributed by atoms with Crippen molar-refractivity contribution in [2.45, 2.75) is 32.4 Å². The molecular weight excluding hydrogens is 246 g/mol. The fourth-order valence-electron chi connectivity index (χ4n) is 1.65. The van der Waals surface area contributed by atoms with Crippen molar-refractivity contribution in [3.05, 3.63) is 35.9 Å². The summed E-state index contributed by atoms with van der Waals surface area (Å²) >= 11 is 0. The number of carboxylic acid groups (broad SMARTS) is 1. The Kier molecular flexibility index (Phi) is 5.51. The highest BCUT2D eigenvalue weighted by Crippen LogP contribution is 2.11. The monoisotopic (exact) mass is 265 g/mol. The van der Waals surface area contributed by atoms with Crippen molar-refractivity contribution >= 4 is 11.9 Å². The van der Waals surface area contributed by atoms with Crippen molar-refractivity contribution < 1.29 is 19.4 Å². The van der Waals surface area contributed by atoms with Gasteiger partial charge >= 0.3 is 5.97 Å². The standard InChI is InChI=1S/C14H19NO4/c1-11(16)15-14(2,13(17)18)8-9-19-10-12-6-4-3-5-7-12/h3-7H,8-10H2,1-2H3,(H,15,16)(H,17,18)/t14-/m0/s1.